The lowest BCUT2D eigenvalue weighted by atomic mass is 9.86. The highest BCUT2D eigenvalue weighted by Crippen LogP contribution is 2.25. The first-order valence-electron chi connectivity index (χ1n) is 7.16. The summed E-state index contributed by atoms with van der Waals surface area (Å²) in [6.45, 7) is 9.42. The summed E-state index contributed by atoms with van der Waals surface area (Å²) in [5.41, 5.74) is 0. The fraction of sp³-hybridized carbons (Fsp3) is 0.933. The molecule has 0 spiro atoms. The van der Waals surface area contributed by atoms with Crippen molar-refractivity contribution in [3.63, 3.8) is 0 Å². The lowest BCUT2D eigenvalue weighted by Crippen LogP contribution is -2.11. The summed E-state index contributed by atoms with van der Waals surface area (Å²) in [6.07, 6.45) is 10.1. The topological polar surface area (TPSA) is 12.4 Å². The van der Waals surface area contributed by atoms with E-state index in [9.17, 15) is 0 Å². The molecule has 0 radical (unpaired) electrons. The van der Waals surface area contributed by atoms with Crippen LogP contribution in [-0.2, 0) is 0 Å². The summed E-state index contributed by atoms with van der Waals surface area (Å²) in [6, 6.07) is 0.579. The number of aliphatic imine (C=N–C) groups is 1. The second-order valence-corrected chi connectivity index (χ2v) is 5.80. The number of hydrogen-bond donors (Lipinski definition) is 0. The standard InChI is InChI=1S/C15H29N/c1-5-15-10-9-14(4)13(3)8-6-7-12(2)11-16-15/h11-15H,5-10H2,1-4H3. The predicted molar refractivity (Wildman–Crippen MR) is 73.1 cm³/mol. The first-order chi connectivity index (χ1) is 7.63. The molecule has 0 aromatic carbocycles. The Morgan fingerprint density at radius 2 is 1.69 bits per heavy atom. The number of rotatable bonds is 1. The molecule has 0 aromatic rings. The third kappa shape index (κ3) is 4.67. The summed E-state index contributed by atoms with van der Waals surface area (Å²) in [5, 5.41) is 0. The van der Waals surface area contributed by atoms with Crippen LogP contribution in [-0.4, -0.2) is 12.3 Å². The molecule has 0 N–H and O–H groups in total. The van der Waals surface area contributed by atoms with Crippen LogP contribution in [0.5, 0.6) is 0 Å². The van der Waals surface area contributed by atoms with Crippen molar-refractivity contribution in [1.82, 2.24) is 0 Å². The Balaban J connectivity index is 2.58. The summed E-state index contributed by atoms with van der Waals surface area (Å²) >= 11 is 0. The molecule has 0 fully saturated rings. The molecule has 0 amide bonds. The van der Waals surface area contributed by atoms with Gasteiger partial charge in [-0.15, -0.1) is 0 Å². The highest BCUT2D eigenvalue weighted by Gasteiger charge is 2.15. The monoisotopic (exact) mass is 223 g/mol. The van der Waals surface area contributed by atoms with Crippen LogP contribution in [0, 0.1) is 17.8 Å². The Bertz CT molecular complexity index is 209. The summed E-state index contributed by atoms with van der Waals surface area (Å²) in [5.74, 6) is 2.44. The third-order valence-corrected chi connectivity index (χ3v) is 4.27. The molecule has 1 rings (SSSR count). The van der Waals surface area contributed by atoms with Crippen molar-refractivity contribution in [2.24, 2.45) is 22.7 Å². The Kier molecular flexibility index (Phi) is 6.08. The van der Waals surface area contributed by atoms with Crippen molar-refractivity contribution in [2.45, 2.75) is 72.3 Å². The molecule has 1 nitrogen and oxygen atoms in total. The van der Waals surface area contributed by atoms with E-state index in [1.54, 1.807) is 0 Å². The normalized spacial score (nSPS) is 38.0. The number of hydrogen-bond acceptors (Lipinski definition) is 1. The van der Waals surface area contributed by atoms with E-state index >= 15 is 0 Å². The third-order valence-electron chi connectivity index (χ3n) is 4.27. The molecule has 0 bridgehead atoms. The van der Waals surface area contributed by atoms with Crippen LogP contribution in [0.2, 0.25) is 0 Å². The summed E-state index contributed by atoms with van der Waals surface area (Å²) in [4.78, 5) is 4.76. The smallest absolute Gasteiger partial charge is 0.0493 e. The molecule has 4 atom stereocenters. The van der Waals surface area contributed by atoms with Crippen molar-refractivity contribution < 1.29 is 0 Å². The molecule has 1 heteroatoms. The average Bonchev–Trinajstić information content (AvgIpc) is 2.29. The van der Waals surface area contributed by atoms with Crippen LogP contribution in [0.25, 0.3) is 0 Å². The lowest BCUT2D eigenvalue weighted by Gasteiger charge is -2.20. The lowest BCUT2D eigenvalue weighted by molar-refractivity contribution is 0.318. The highest BCUT2D eigenvalue weighted by atomic mass is 14.8. The zero-order chi connectivity index (χ0) is 12.0. The molecular weight excluding hydrogens is 194 g/mol. The van der Waals surface area contributed by atoms with Gasteiger partial charge >= 0.3 is 0 Å². The van der Waals surface area contributed by atoms with Gasteiger partial charge in [-0.25, -0.2) is 0 Å². The van der Waals surface area contributed by atoms with Crippen molar-refractivity contribution >= 4 is 6.21 Å². The Morgan fingerprint density at radius 3 is 2.38 bits per heavy atom. The predicted octanol–water partition coefficient (Wildman–Crippen LogP) is 4.71. The van der Waals surface area contributed by atoms with Crippen LogP contribution in [0.3, 0.4) is 0 Å². The maximum absolute atomic E-state index is 4.76. The highest BCUT2D eigenvalue weighted by molar-refractivity contribution is 5.60. The largest absolute Gasteiger partial charge is 0.294 e. The van der Waals surface area contributed by atoms with Crippen LogP contribution in [0.15, 0.2) is 4.99 Å². The zero-order valence-corrected chi connectivity index (χ0v) is 11.6. The molecule has 0 aliphatic carbocycles. The maximum atomic E-state index is 4.76. The second-order valence-electron chi connectivity index (χ2n) is 5.80. The molecule has 4 unspecified atom stereocenters. The van der Waals surface area contributed by atoms with E-state index in [4.69, 9.17) is 4.99 Å². The first-order valence-corrected chi connectivity index (χ1v) is 7.16. The minimum absolute atomic E-state index is 0.579. The van der Waals surface area contributed by atoms with Crippen molar-refractivity contribution in [1.29, 1.82) is 0 Å². The Labute approximate surface area is 102 Å². The molecule has 16 heavy (non-hydrogen) atoms. The molecule has 1 aliphatic heterocycles. The van der Waals surface area contributed by atoms with Gasteiger partial charge in [-0.1, -0.05) is 40.5 Å². The molecule has 1 heterocycles. The fourth-order valence-electron chi connectivity index (χ4n) is 2.51. The fourth-order valence-corrected chi connectivity index (χ4v) is 2.51. The molecule has 94 valence electrons. The van der Waals surface area contributed by atoms with Crippen molar-refractivity contribution in [2.75, 3.05) is 0 Å². The van der Waals surface area contributed by atoms with Gasteiger partial charge in [0.2, 0.25) is 0 Å². The van der Waals surface area contributed by atoms with Gasteiger partial charge in [-0.2, -0.15) is 0 Å². The van der Waals surface area contributed by atoms with Gasteiger partial charge in [-0.05, 0) is 43.4 Å². The molecular formula is C15H29N. The Morgan fingerprint density at radius 1 is 1.00 bits per heavy atom. The van der Waals surface area contributed by atoms with Crippen molar-refractivity contribution in [3.05, 3.63) is 0 Å². The van der Waals surface area contributed by atoms with E-state index in [1.165, 1.54) is 38.5 Å². The van der Waals surface area contributed by atoms with E-state index in [0.29, 0.717) is 12.0 Å². The molecule has 0 aromatic heterocycles. The van der Waals surface area contributed by atoms with Gasteiger partial charge in [0, 0.05) is 12.3 Å². The molecule has 0 saturated heterocycles. The minimum atomic E-state index is 0.579. The van der Waals surface area contributed by atoms with Crippen LogP contribution < -0.4 is 0 Å². The first kappa shape index (κ1) is 13.7. The zero-order valence-electron chi connectivity index (χ0n) is 11.6. The minimum Gasteiger partial charge on any atom is -0.294 e. The number of nitrogens with zero attached hydrogens (tertiary/aromatic N) is 1. The van der Waals surface area contributed by atoms with Gasteiger partial charge in [0.05, 0.1) is 0 Å². The average molecular weight is 223 g/mol. The SMILES string of the molecule is CCC1CCC(C)C(C)CCCC(C)C=N1. The van der Waals surface area contributed by atoms with Crippen LogP contribution >= 0.6 is 0 Å². The Hall–Kier alpha value is -0.330. The van der Waals surface area contributed by atoms with Crippen molar-refractivity contribution in [3.8, 4) is 0 Å². The molecule has 1 aliphatic rings. The van der Waals surface area contributed by atoms with E-state index in [1.807, 2.05) is 0 Å². The van der Waals surface area contributed by atoms with Crippen LogP contribution in [0.1, 0.15) is 66.2 Å². The van der Waals surface area contributed by atoms with Crippen LogP contribution in [0.4, 0.5) is 0 Å². The molecule has 0 saturated carbocycles. The van der Waals surface area contributed by atoms with E-state index in [0.717, 1.165) is 11.8 Å². The van der Waals surface area contributed by atoms with E-state index < -0.39 is 0 Å². The van der Waals surface area contributed by atoms with Gasteiger partial charge in [0.1, 0.15) is 0 Å². The van der Waals surface area contributed by atoms with Gasteiger partial charge in [0.25, 0.3) is 0 Å². The summed E-state index contributed by atoms with van der Waals surface area (Å²) in [7, 11) is 0. The van der Waals surface area contributed by atoms with E-state index in [2.05, 4.69) is 33.9 Å². The quantitative estimate of drug-likeness (QED) is 0.610. The van der Waals surface area contributed by atoms with Gasteiger partial charge < -0.3 is 0 Å². The van der Waals surface area contributed by atoms with Gasteiger partial charge in [-0.3, -0.25) is 4.99 Å². The van der Waals surface area contributed by atoms with E-state index in [-0.39, 0.29) is 0 Å². The van der Waals surface area contributed by atoms with Gasteiger partial charge in [0.15, 0.2) is 0 Å². The second kappa shape index (κ2) is 7.09. The maximum Gasteiger partial charge on any atom is 0.0493 e. The summed E-state index contributed by atoms with van der Waals surface area (Å²) < 4.78 is 0.